The van der Waals surface area contributed by atoms with Crippen molar-refractivity contribution >= 4 is 0 Å². The summed E-state index contributed by atoms with van der Waals surface area (Å²) >= 11 is 0. The molecule has 1 unspecified atom stereocenters. The van der Waals surface area contributed by atoms with E-state index >= 15 is 0 Å². The molecule has 0 amide bonds. The van der Waals surface area contributed by atoms with E-state index in [0.29, 0.717) is 5.92 Å². The molecule has 0 spiro atoms. The average Bonchev–Trinajstić information content (AvgIpc) is 1.83. The summed E-state index contributed by atoms with van der Waals surface area (Å²) in [4.78, 5) is 0. The van der Waals surface area contributed by atoms with Gasteiger partial charge in [0, 0.05) is 0 Å². The van der Waals surface area contributed by atoms with E-state index in [0.717, 1.165) is 0 Å². The van der Waals surface area contributed by atoms with Crippen molar-refractivity contribution < 1.29 is 10.2 Å². The molecule has 0 aliphatic heterocycles. The first-order chi connectivity index (χ1) is 4.16. The molecule has 9 heavy (non-hydrogen) atoms. The Kier molecular flexibility index (Phi) is 4.36. The van der Waals surface area contributed by atoms with Crippen LogP contribution in [0, 0.1) is 5.92 Å². The predicted molar refractivity (Wildman–Crippen MR) is 37.1 cm³/mol. The highest BCUT2D eigenvalue weighted by Crippen LogP contribution is 1.94. The van der Waals surface area contributed by atoms with E-state index in [2.05, 4.69) is 0 Å². The van der Waals surface area contributed by atoms with Crippen molar-refractivity contribution in [3.63, 3.8) is 0 Å². The van der Waals surface area contributed by atoms with Crippen molar-refractivity contribution in [2.45, 2.75) is 20.0 Å². The Morgan fingerprint density at radius 2 is 1.89 bits per heavy atom. The first-order valence-electron chi connectivity index (χ1n) is 3.14. The molecule has 0 fully saturated rings. The molecule has 0 aromatic carbocycles. The lowest BCUT2D eigenvalue weighted by atomic mass is 10.2. The van der Waals surface area contributed by atoms with Crippen molar-refractivity contribution in [1.29, 1.82) is 0 Å². The standard InChI is InChI=1S/C7H14O2/c1-6(2)3-4-7(9)5-8/h3-4,6-9H,5H2,1-2H3. The molecule has 2 heteroatoms. The topological polar surface area (TPSA) is 40.5 Å². The molecule has 0 radical (unpaired) electrons. The number of hydrogen-bond donors (Lipinski definition) is 2. The van der Waals surface area contributed by atoms with Crippen LogP contribution in [-0.2, 0) is 0 Å². The molecule has 0 aromatic heterocycles. The second-order valence-electron chi connectivity index (χ2n) is 2.38. The number of hydrogen-bond acceptors (Lipinski definition) is 2. The van der Waals surface area contributed by atoms with Gasteiger partial charge in [0.25, 0.3) is 0 Å². The van der Waals surface area contributed by atoms with Gasteiger partial charge in [-0.15, -0.1) is 0 Å². The van der Waals surface area contributed by atoms with Gasteiger partial charge in [-0.2, -0.15) is 0 Å². The van der Waals surface area contributed by atoms with Gasteiger partial charge in [0.15, 0.2) is 0 Å². The zero-order valence-electron chi connectivity index (χ0n) is 5.91. The molecule has 0 aliphatic carbocycles. The molecule has 0 heterocycles. The fourth-order valence-electron chi connectivity index (χ4n) is 0.411. The predicted octanol–water partition coefficient (Wildman–Crippen LogP) is 0.552. The quantitative estimate of drug-likeness (QED) is 0.548. The van der Waals surface area contributed by atoms with Gasteiger partial charge in [0.1, 0.15) is 0 Å². The Bertz CT molecular complexity index is 86.9. The van der Waals surface area contributed by atoms with Crippen molar-refractivity contribution in [3.8, 4) is 0 Å². The van der Waals surface area contributed by atoms with E-state index in [9.17, 15) is 0 Å². The first-order valence-corrected chi connectivity index (χ1v) is 3.14. The zero-order valence-corrected chi connectivity index (χ0v) is 5.91. The Morgan fingerprint density at radius 1 is 1.33 bits per heavy atom. The van der Waals surface area contributed by atoms with Gasteiger partial charge < -0.3 is 10.2 Å². The highest BCUT2D eigenvalue weighted by molar-refractivity contribution is 4.89. The molecule has 2 nitrogen and oxygen atoms in total. The van der Waals surface area contributed by atoms with Gasteiger partial charge in [-0.1, -0.05) is 26.0 Å². The van der Waals surface area contributed by atoms with Crippen LogP contribution >= 0.6 is 0 Å². The molecule has 2 N–H and O–H groups in total. The number of aliphatic hydroxyl groups is 2. The Labute approximate surface area is 55.8 Å². The highest BCUT2D eigenvalue weighted by atomic mass is 16.3. The summed E-state index contributed by atoms with van der Waals surface area (Å²) in [6, 6.07) is 0. The van der Waals surface area contributed by atoms with Crippen LogP contribution in [0.3, 0.4) is 0 Å². The maximum Gasteiger partial charge on any atom is 0.0951 e. The molecule has 0 rings (SSSR count). The van der Waals surface area contributed by atoms with Crippen molar-refractivity contribution in [1.82, 2.24) is 0 Å². The fraction of sp³-hybridized carbons (Fsp3) is 0.714. The molecule has 0 aromatic rings. The Hall–Kier alpha value is -0.340. The van der Waals surface area contributed by atoms with E-state index < -0.39 is 6.10 Å². The number of allylic oxidation sites excluding steroid dienone is 1. The van der Waals surface area contributed by atoms with Gasteiger partial charge in [-0.25, -0.2) is 0 Å². The molecule has 0 aliphatic rings. The lowest BCUT2D eigenvalue weighted by Crippen LogP contribution is -2.07. The summed E-state index contributed by atoms with van der Waals surface area (Å²) in [6.07, 6.45) is 2.78. The van der Waals surface area contributed by atoms with Gasteiger partial charge >= 0.3 is 0 Å². The number of rotatable bonds is 3. The van der Waals surface area contributed by atoms with Crippen molar-refractivity contribution in [2.75, 3.05) is 6.61 Å². The van der Waals surface area contributed by atoms with Crippen LogP contribution < -0.4 is 0 Å². The Morgan fingerprint density at radius 3 is 2.22 bits per heavy atom. The van der Waals surface area contributed by atoms with Crippen LogP contribution in [0.1, 0.15) is 13.8 Å². The smallest absolute Gasteiger partial charge is 0.0951 e. The summed E-state index contributed by atoms with van der Waals surface area (Å²) in [7, 11) is 0. The van der Waals surface area contributed by atoms with E-state index in [4.69, 9.17) is 10.2 Å². The summed E-state index contributed by atoms with van der Waals surface area (Å²) in [5, 5.41) is 17.1. The molecular formula is C7H14O2. The van der Waals surface area contributed by atoms with E-state index in [1.165, 1.54) is 0 Å². The molecule has 54 valence electrons. The zero-order chi connectivity index (χ0) is 7.28. The van der Waals surface area contributed by atoms with Crippen LogP contribution in [-0.4, -0.2) is 22.9 Å². The minimum Gasteiger partial charge on any atom is -0.393 e. The van der Waals surface area contributed by atoms with E-state index in [1.54, 1.807) is 6.08 Å². The van der Waals surface area contributed by atoms with Crippen LogP contribution in [0.2, 0.25) is 0 Å². The average molecular weight is 130 g/mol. The van der Waals surface area contributed by atoms with Gasteiger partial charge in [-0.3, -0.25) is 0 Å². The van der Waals surface area contributed by atoms with Crippen LogP contribution in [0.25, 0.3) is 0 Å². The lowest BCUT2D eigenvalue weighted by molar-refractivity contribution is 0.131. The third-order valence-electron chi connectivity index (χ3n) is 0.905. The minimum atomic E-state index is -0.688. The van der Waals surface area contributed by atoms with Crippen molar-refractivity contribution in [3.05, 3.63) is 12.2 Å². The SMILES string of the molecule is CC(C)C=CC(O)CO. The molecule has 0 bridgehead atoms. The maximum absolute atomic E-state index is 8.77. The third kappa shape index (κ3) is 5.53. The van der Waals surface area contributed by atoms with Gasteiger partial charge in [0.05, 0.1) is 12.7 Å². The maximum atomic E-state index is 8.77. The Balaban J connectivity index is 3.43. The van der Waals surface area contributed by atoms with Crippen molar-refractivity contribution in [2.24, 2.45) is 5.92 Å². The minimum absolute atomic E-state index is 0.191. The monoisotopic (exact) mass is 130 g/mol. The molecular weight excluding hydrogens is 116 g/mol. The van der Waals surface area contributed by atoms with Gasteiger partial charge in [-0.05, 0) is 5.92 Å². The van der Waals surface area contributed by atoms with Crippen LogP contribution in [0.15, 0.2) is 12.2 Å². The molecule has 0 saturated carbocycles. The van der Waals surface area contributed by atoms with Crippen LogP contribution in [0.5, 0.6) is 0 Å². The third-order valence-corrected chi connectivity index (χ3v) is 0.905. The van der Waals surface area contributed by atoms with E-state index in [1.807, 2.05) is 19.9 Å². The van der Waals surface area contributed by atoms with E-state index in [-0.39, 0.29) is 6.61 Å². The molecule has 1 atom stereocenters. The van der Waals surface area contributed by atoms with Crippen LogP contribution in [0.4, 0.5) is 0 Å². The summed E-state index contributed by atoms with van der Waals surface area (Å²) in [5.41, 5.74) is 0. The van der Waals surface area contributed by atoms with Gasteiger partial charge in [0.2, 0.25) is 0 Å². The first kappa shape index (κ1) is 8.66. The summed E-state index contributed by atoms with van der Waals surface area (Å²) < 4.78 is 0. The molecule has 0 saturated heterocycles. The second kappa shape index (κ2) is 4.53. The normalized spacial score (nSPS) is 15.2. The summed E-state index contributed by atoms with van der Waals surface area (Å²) in [6.45, 7) is 3.84. The second-order valence-corrected chi connectivity index (χ2v) is 2.38. The largest absolute Gasteiger partial charge is 0.393 e. The lowest BCUT2D eigenvalue weighted by Gasteiger charge is -1.99. The number of aliphatic hydroxyl groups excluding tert-OH is 2. The summed E-state index contributed by atoms with van der Waals surface area (Å²) in [5.74, 6) is 0.436. The fourth-order valence-corrected chi connectivity index (χ4v) is 0.411. The highest BCUT2D eigenvalue weighted by Gasteiger charge is 1.93.